The van der Waals surface area contributed by atoms with Crippen molar-refractivity contribution in [1.29, 1.82) is 0 Å². The summed E-state index contributed by atoms with van der Waals surface area (Å²) in [6, 6.07) is 7.23. The number of ether oxygens (including phenoxy) is 2. The minimum atomic E-state index is -0.547. The van der Waals surface area contributed by atoms with Crippen molar-refractivity contribution in [3.63, 3.8) is 0 Å². The summed E-state index contributed by atoms with van der Waals surface area (Å²) in [5.74, 6) is -0.116. The summed E-state index contributed by atoms with van der Waals surface area (Å²) in [7, 11) is 0. The first kappa shape index (κ1) is 23.4. The summed E-state index contributed by atoms with van der Waals surface area (Å²) in [6.45, 7) is 7.46. The molecule has 0 spiro atoms. The lowest BCUT2D eigenvalue weighted by Gasteiger charge is -2.35. The smallest absolute Gasteiger partial charge is 0.410 e. The molecule has 2 aliphatic rings. The number of nitrogens with zero attached hydrogens (tertiary/aromatic N) is 2. The highest BCUT2D eigenvalue weighted by Crippen LogP contribution is 2.22. The normalized spacial score (nSPS) is 16.7. The third-order valence-electron chi connectivity index (χ3n) is 5.16. The molecule has 8 nitrogen and oxygen atoms in total. The van der Waals surface area contributed by atoms with Crippen LogP contribution in [-0.2, 0) is 20.9 Å². The van der Waals surface area contributed by atoms with Crippen molar-refractivity contribution >= 4 is 17.9 Å². The largest absolute Gasteiger partial charge is 0.488 e. The average molecular weight is 442 g/mol. The van der Waals surface area contributed by atoms with E-state index >= 15 is 0 Å². The zero-order valence-corrected chi connectivity index (χ0v) is 18.9. The number of carbonyl (C=O) groups excluding carboxylic acids is 3. The lowest BCUT2D eigenvalue weighted by molar-refractivity contribution is -0.114. The minimum Gasteiger partial charge on any atom is -0.488 e. The molecule has 0 radical (unpaired) electrons. The standard InChI is InChI=1S/C24H31N3O5/c1-24(2,3)32-23(30)27-13-11-26(12-14-27)22(29)18-8-6-7-17(15-18)16-31-20-10-5-4-9-19(20)21(25)28/h6-10,15H,4-5,11-14,16H2,1-3H3,(H2,25,28). The van der Waals surface area contributed by atoms with Crippen LogP contribution in [0.5, 0.6) is 0 Å². The molecule has 0 saturated carbocycles. The van der Waals surface area contributed by atoms with E-state index in [1.54, 1.807) is 28.0 Å². The molecule has 172 valence electrons. The molecular weight excluding hydrogens is 410 g/mol. The van der Waals surface area contributed by atoms with Gasteiger partial charge in [0.25, 0.3) is 11.8 Å². The second-order valence-corrected chi connectivity index (χ2v) is 8.88. The molecular formula is C24H31N3O5. The van der Waals surface area contributed by atoms with E-state index in [1.165, 1.54) is 0 Å². The van der Waals surface area contributed by atoms with Crippen LogP contribution in [0.15, 0.2) is 47.7 Å². The van der Waals surface area contributed by atoms with Gasteiger partial charge in [0.05, 0.1) is 5.57 Å². The molecule has 1 aliphatic heterocycles. The van der Waals surface area contributed by atoms with Crippen LogP contribution in [0.1, 0.15) is 49.5 Å². The Bertz CT molecular complexity index is 937. The lowest BCUT2D eigenvalue weighted by Crippen LogP contribution is -2.51. The molecule has 0 unspecified atom stereocenters. The van der Waals surface area contributed by atoms with Crippen molar-refractivity contribution in [3.05, 3.63) is 58.9 Å². The van der Waals surface area contributed by atoms with E-state index in [9.17, 15) is 14.4 Å². The van der Waals surface area contributed by atoms with Gasteiger partial charge in [0.15, 0.2) is 0 Å². The Labute approximate surface area is 188 Å². The highest BCUT2D eigenvalue weighted by molar-refractivity contribution is 5.96. The highest BCUT2D eigenvalue weighted by atomic mass is 16.6. The van der Waals surface area contributed by atoms with Gasteiger partial charge in [-0.2, -0.15) is 0 Å². The van der Waals surface area contributed by atoms with Gasteiger partial charge >= 0.3 is 6.09 Å². The summed E-state index contributed by atoms with van der Waals surface area (Å²) >= 11 is 0. The average Bonchev–Trinajstić information content (AvgIpc) is 2.76. The predicted octanol–water partition coefficient (Wildman–Crippen LogP) is 2.99. The summed E-state index contributed by atoms with van der Waals surface area (Å²) < 4.78 is 11.2. The number of nitrogens with two attached hydrogens (primary N) is 1. The molecule has 1 heterocycles. The molecule has 1 aromatic carbocycles. The van der Waals surface area contributed by atoms with E-state index in [0.717, 1.165) is 18.4 Å². The van der Waals surface area contributed by atoms with Crippen LogP contribution in [0.4, 0.5) is 4.79 Å². The number of amides is 3. The molecule has 8 heteroatoms. The van der Waals surface area contributed by atoms with E-state index in [1.807, 2.05) is 39.0 Å². The van der Waals surface area contributed by atoms with E-state index < -0.39 is 11.5 Å². The van der Waals surface area contributed by atoms with Crippen LogP contribution < -0.4 is 5.73 Å². The Kier molecular flexibility index (Phi) is 7.22. The highest BCUT2D eigenvalue weighted by Gasteiger charge is 2.28. The third-order valence-corrected chi connectivity index (χ3v) is 5.16. The van der Waals surface area contributed by atoms with Gasteiger partial charge in [-0.3, -0.25) is 9.59 Å². The second-order valence-electron chi connectivity index (χ2n) is 8.88. The Hall–Kier alpha value is -3.29. The number of primary amides is 1. The minimum absolute atomic E-state index is 0.0923. The number of carbonyl (C=O) groups is 3. The molecule has 1 fully saturated rings. The number of allylic oxidation sites excluding steroid dienone is 2. The van der Waals surface area contributed by atoms with Crippen molar-refractivity contribution in [1.82, 2.24) is 9.80 Å². The molecule has 1 saturated heterocycles. The molecule has 1 aromatic rings. The van der Waals surface area contributed by atoms with Crippen molar-refractivity contribution in [2.24, 2.45) is 5.73 Å². The summed E-state index contributed by atoms with van der Waals surface area (Å²) in [4.78, 5) is 40.1. The predicted molar refractivity (Wildman–Crippen MR) is 120 cm³/mol. The van der Waals surface area contributed by atoms with Gasteiger partial charge in [-0.05, 0) is 57.4 Å². The topological polar surface area (TPSA) is 102 Å². The first-order valence-corrected chi connectivity index (χ1v) is 10.8. The SMILES string of the molecule is CC(C)(C)OC(=O)N1CCN(C(=O)c2cccc(COC3=CCCC=C3C(N)=O)c2)CC1. The van der Waals surface area contributed by atoms with E-state index in [0.29, 0.717) is 43.1 Å². The van der Waals surface area contributed by atoms with Crippen LogP contribution in [0, 0.1) is 0 Å². The lowest BCUT2D eigenvalue weighted by atomic mass is 10.0. The van der Waals surface area contributed by atoms with Gasteiger partial charge in [0.1, 0.15) is 18.0 Å². The zero-order chi connectivity index (χ0) is 23.3. The van der Waals surface area contributed by atoms with Crippen LogP contribution >= 0.6 is 0 Å². The van der Waals surface area contributed by atoms with Crippen LogP contribution in [0.25, 0.3) is 0 Å². The fourth-order valence-electron chi connectivity index (χ4n) is 3.57. The van der Waals surface area contributed by atoms with Crippen LogP contribution in [-0.4, -0.2) is 59.5 Å². The van der Waals surface area contributed by atoms with Crippen LogP contribution in [0.3, 0.4) is 0 Å². The molecule has 1 aliphatic carbocycles. The van der Waals surface area contributed by atoms with Crippen molar-refractivity contribution in [2.45, 2.75) is 45.8 Å². The number of benzene rings is 1. The molecule has 2 N–H and O–H groups in total. The Morgan fingerprint density at radius 2 is 1.66 bits per heavy atom. The number of hydrogen-bond donors (Lipinski definition) is 1. The van der Waals surface area contributed by atoms with Gasteiger partial charge < -0.3 is 25.0 Å². The first-order valence-electron chi connectivity index (χ1n) is 10.8. The van der Waals surface area contributed by atoms with Gasteiger partial charge in [0.2, 0.25) is 0 Å². The van der Waals surface area contributed by atoms with Crippen LogP contribution in [0.2, 0.25) is 0 Å². The first-order chi connectivity index (χ1) is 15.1. The van der Waals surface area contributed by atoms with E-state index in [4.69, 9.17) is 15.2 Å². The van der Waals surface area contributed by atoms with Crippen molar-refractivity contribution in [2.75, 3.05) is 26.2 Å². The number of piperazine rings is 1. The Morgan fingerprint density at radius 3 is 2.31 bits per heavy atom. The second kappa shape index (κ2) is 9.89. The number of rotatable bonds is 5. The molecule has 0 aromatic heterocycles. The van der Waals surface area contributed by atoms with Gasteiger partial charge in [-0.25, -0.2) is 4.79 Å². The molecule has 32 heavy (non-hydrogen) atoms. The molecule has 0 atom stereocenters. The quantitative estimate of drug-likeness (QED) is 0.757. The van der Waals surface area contributed by atoms with E-state index in [2.05, 4.69) is 0 Å². The van der Waals surface area contributed by atoms with E-state index in [-0.39, 0.29) is 18.6 Å². The van der Waals surface area contributed by atoms with Gasteiger partial charge in [-0.1, -0.05) is 18.2 Å². The zero-order valence-electron chi connectivity index (χ0n) is 18.9. The maximum atomic E-state index is 13.0. The molecule has 3 amide bonds. The number of hydrogen-bond acceptors (Lipinski definition) is 5. The summed E-state index contributed by atoms with van der Waals surface area (Å²) in [6.07, 6.45) is 4.84. The maximum Gasteiger partial charge on any atom is 0.410 e. The maximum absolute atomic E-state index is 13.0. The molecule has 3 rings (SSSR count). The van der Waals surface area contributed by atoms with Gasteiger partial charge in [0, 0.05) is 31.7 Å². The Morgan fingerprint density at radius 1 is 1.00 bits per heavy atom. The third kappa shape index (κ3) is 6.12. The fraction of sp³-hybridized carbons (Fsp3) is 0.458. The van der Waals surface area contributed by atoms with Crippen molar-refractivity contribution in [3.8, 4) is 0 Å². The van der Waals surface area contributed by atoms with Gasteiger partial charge in [-0.15, -0.1) is 0 Å². The summed E-state index contributed by atoms with van der Waals surface area (Å²) in [5.41, 5.74) is 6.64. The monoisotopic (exact) mass is 441 g/mol. The summed E-state index contributed by atoms with van der Waals surface area (Å²) in [5, 5.41) is 0. The fourth-order valence-corrected chi connectivity index (χ4v) is 3.57. The molecule has 0 bridgehead atoms. The Balaban J connectivity index is 1.57. The van der Waals surface area contributed by atoms with Crippen molar-refractivity contribution < 1.29 is 23.9 Å².